The second-order valence-electron chi connectivity index (χ2n) is 2.45. The minimum atomic E-state index is 0.0479. The van der Waals surface area contributed by atoms with Gasteiger partial charge in [0, 0.05) is 27.6 Å². The molecule has 0 aromatic rings. The van der Waals surface area contributed by atoms with E-state index in [4.69, 9.17) is 5.73 Å². The minimum absolute atomic E-state index is 0.0479. The molecule has 0 saturated carbocycles. The van der Waals surface area contributed by atoms with Gasteiger partial charge in [0.2, 0.25) is 5.91 Å². The summed E-state index contributed by atoms with van der Waals surface area (Å²) in [4.78, 5) is 16.1. The zero-order valence-corrected chi connectivity index (χ0v) is 8.97. The molecule has 0 fully saturated rings. The topological polar surface area (TPSA) is 58.7 Å². The highest BCUT2D eigenvalue weighted by molar-refractivity contribution is 8.16. The smallest absolute Gasteiger partial charge is 0.219 e. The summed E-state index contributed by atoms with van der Waals surface area (Å²) in [5, 5.41) is 2.34. The van der Waals surface area contributed by atoms with E-state index in [0.717, 1.165) is 0 Å². The fraction of sp³-hybridized carbons (Fsp3) is 0.500. The van der Waals surface area contributed by atoms with Crippen molar-refractivity contribution in [1.82, 2.24) is 4.90 Å². The Morgan fingerprint density at radius 2 is 2.31 bits per heavy atom. The monoisotopic (exact) mass is 201 g/mol. The number of hydrogen-bond acceptors (Lipinski definition) is 3. The van der Waals surface area contributed by atoms with Gasteiger partial charge in [-0.2, -0.15) is 0 Å². The van der Waals surface area contributed by atoms with Gasteiger partial charge in [0.05, 0.1) is 0 Å². The van der Waals surface area contributed by atoms with E-state index in [1.807, 2.05) is 11.5 Å². The molecule has 0 heterocycles. The summed E-state index contributed by atoms with van der Waals surface area (Å²) >= 11 is 1.34. The molecule has 13 heavy (non-hydrogen) atoms. The first-order chi connectivity index (χ1) is 6.07. The van der Waals surface area contributed by atoms with Crippen molar-refractivity contribution in [3.63, 3.8) is 0 Å². The van der Waals surface area contributed by atoms with Crippen molar-refractivity contribution < 1.29 is 4.79 Å². The molecule has 74 valence electrons. The number of hydrogen-bond donors (Lipinski definition) is 1. The first-order valence-corrected chi connectivity index (χ1v) is 4.71. The van der Waals surface area contributed by atoms with Gasteiger partial charge in [0.25, 0.3) is 0 Å². The van der Waals surface area contributed by atoms with Crippen LogP contribution in [0.4, 0.5) is 0 Å². The van der Waals surface area contributed by atoms with Gasteiger partial charge in [-0.1, -0.05) is 17.8 Å². The predicted molar refractivity (Wildman–Crippen MR) is 57.6 cm³/mol. The van der Waals surface area contributed by atoms with E-state index < -0.39 is 0 Å². The van der Waals surface area contributed by atoms with Crippen LogP contribution in [0.1, 0.15) is 6.92 Å². The number of carbonyl (C=O) groups is 1. The molecule has 0 unspecified atom stereocenters. The highest BCUT2D eigenvalue weighted by Gasteiger charge is 1.96. The van der Waals surface area contributed by atoms with Crippen molar-refractivity contribution in [3.8, 4) is 0 Å². The van der Waals surface area contributed by atoms with Crippen LogP contribution in [0.5, 0.6) is 0 Å². The summed E-state index contributed by atoms with van der Waals surface area (Å²) in [7, 11) is 3.38. The fourth-order valence-electron chi connectivity index (χ4n) is 0.500. The summed E-state index contributed by atoms with van der Waals surface area (Å²) in [5.74, 6) is 0.0479. The number of aliphatic imine (C=N–C) groups is 1. The van der Waals surface area contributed by atoms with Crippen molar-refractivity contribution in [2.45, 2.75) is 6.92 Å². The van der Waals surface area contributed by atoms with E-state index in [9.17, 15) is 4.79 Å². The van der Waals surface area contributed by atoms with Gasteiger partial charge in [-0.25, -0.2) is 0 Å². The maximum absolute atomic E-state index is 10.8. The second-order valence-corrected chi connectivity index (χ2v) is 3.38. The van der Waals surface area contributed by atoms with Crippen molar-refractivity contribution >= 4 is 22.8 Å². The first-order valence-electron chi connectivity index (χ1n) is 3.83. The zero-order chi connectivity index (χ0) is 10.3. The van der Waals surface area contributed by atoms with Gasteiger partial charge in [0.15, 0.2) is 5.17 Å². The van der Waals surface area contributed by atoms with Crippen molar-refractivity contribution in [1.29, 1.82) is 0 Å². The number of nitrogens with two attached hydrogens (primary N) is 1. The molecule has 5 heteroatoms. The Morgan fingerprint density at radius 1 is 1.69 bits per heavy atom. The highest BCUT2D eigenvalue weighted by atomic mass is 32.2. The Morgan fingerprint density at radius 3 is 2.77 bits per heavy atom. The standard InChI is InChI=1S/C8H15N3OS/c1-7(12)11(3)5-4-6-13-8(9)10-2/h4,6H,5H2,1-3H3,(H2,9,10)/b6-4-. The molecule has 0 saturated heterocycles. The third-order valence-corrected chi connectivity index (χ3v) is 2.17. The molecule has 0 spiro atoms. The summed E-state index contributed by atoms with van der Waals surface area (Å²) in [6.45, 7) is 2.13. The van der Waals surface area contributed by atoms with Crippen molar-refractivity contribution in [2.75, 3.05) is 20.6 Å². The van der Waals surface area contributed by atoms with Gasteiger partial charge < -0.3 is 10.6 Å². The molecule has 4 nitrogen and oxygen atoms in total. The maximum Gasteiger partial charge on any atom is 0.219 e. The summed E-state index contributed by atoms with van der Waals surface area (Å²) in [6.07, 6.45) is 1.87. The Kier molecular flexibility index (Phi) is 6.05. The second kappa shape index (κ2) is 6.54. The number of amidine groups is 1. The first kappa shape index (κ1) is 12.0. The Hall–Kier alpha value is -0.970. The summed E-state index contributed by atoms with van der Waals surface area (Å²) in [6, 6.07) is 0. The van der Waals surface area contributed by atoms with Crippen LogP contribution in [0.3, 0.4) is 0 Å². The van der Waals surface area contributed by atoms with Gasteiger partial charge >= 0.3 is 0 Å². The number of thioether (sulfide) groups is 1. The Labute approximate surface area is 82.9 Å². The highest BCUT2D eigenvalue weighted by Crippen LogP contribution is 2.00. The number of carbonyl (C=O) groups excluding carboxylic acids is 1. The van der Waals surface area contributed by atoms with E-state index in [0.29, 0.717) is 11.7 Å². The average Bonchev–Trinajstić information content (AvgIpc) is 2.11. The average molecular weight is 201 g/mol. The molecule has 0 aliphatic carbocycles. The van der Waals surface area contributed by atoms with Crippen LogP contribution in [0.2, 0.25) is 0 Å². The van der Waals surface area contributed by atoms with Gasteiger partial charge in [0.1, 0.15) is 0 Å². The van der Waals surface area contributed by atoms with E-state index in [1.54, 1.807) is 19.0 Å². The molecule has 2 N–H and O–H groups in total. The lowest BCUT2D eigenvalue weighted by atomic mass is 10.5. The molecular weight excluding hydrogens is 186 g/mol. The van der Waals surface area contributed by atoms with Crippen LogP contribution in [-0.2, 0) is 4.79 Å². The molecule has 1 amide bonds. The van der Waals surface area contributed by atoms with Gasteiger partial charge in [-0.05, 0) is 5.41 Å². The molecule has 0 aromatic heterocycles. The van der Waals surface area contributed by atoms with Crippen LogP contribution < -0.4 is 5.73 Å². The Balaban J connectivity index is 3.70. The lowest BCUT2D eigenvalue weighted by Crippen LogP contribution is -2.23. The van der Waals surface area contributed by atoms with Crippen LogP contribution in [0, 0.1) is 0 Å². The molecule has 0 aliphatic rings. The minimum Gasteiger partial charge on any atom is -0.378 e. The normalized spacial score (nSPS) is 12.1. The van der Waals surface area contributed by atoms with E-state index in [1.165, 1.54) is 18.7 Å². The molecular formula is C8H15N3OS. The number of likely N-dealkylation sites (N-methyl/N-ethyl adjacent to an activating group) is 1. The molecule has 0 atom stereocenters. The number of amides is 1. The van der Waals surface area contributed by atoms with E-state index >= 15 is 0 Å². The largest absolute Gasteiger partial charge is 0.378 e. The lowest BCUT2D eigenvalue weighted by Gasteiger charge is -2.10. The van der Waals surface area contributed by atoms with Gasteiger partial charge in [-0.15, -0.1) is 0 Å². The van der Waals surface area contributed by atoms with Crippen molar-refractivity contribution in [3.05, 3.63) is 11.5 Å². The van der Waals surface area contributed by atoms with Crippen LogP contribution >= 0.6 is 11.8 Å². The van der Waals surface area contributed by atoms with E-state index in [-0.39, 0.29) is 5.91 Å². The molecule has 0 rings (SSSR count). The maximum atomic E-state index is 10.8. The predicted octanol–water partition coefficient (Wildman–Crippen LogP) is 0.656. The quantitative estimate of drug-likeness (QED) is 0.539. The molecule has 0 aromatic carbocycles. The Bertz CT molecular complexity index is 225. The SMILES string of the molecule is CN=C(N)S/C=C\CN(C)C(C)=O. The zero-order valence-electron chi connectivity index (χ0n) is 8.15. The fourth-order valence-corrected chi connectivity index (χ4v) is 0.927. The third kappa shape index (κ3) is 6.21. The number of rotatable bonds is 3. The van der Waals surface area contributed by atoms with Gasteiger partial charge in [-0.3, -0.25) is 9.79 Å². The lowest BCUT2D eigenvalue weighted by molar-refractivity contribution is -0.127. The number of nitrogens with zero attached hydrogens (tertiary/aromatic N) is 2. The van der Waals surface area contributed by atoms with Crippen LogP contribution in [0.15, 0.2) is 16.5 Å². The molecule has 0 bridgehead atoms. The van der Waals surface area contributed by atoms with E-state index in [2.05, 4.69) is 4.99 Å². The summed E-state index contributed by atoms with van der Waals surface area (Å²) in [5.41, 5.74) is 5.43. The molecule has 0 aliphatic heterocycles. The van der Waals surface area contributed by atoms with Crippen molar-refractivity contribution in [2.24, 2.45) is 10.7 Å². The summed E-state index contributed by atoms with van der Waals surface area (Å²) < 4.78 is 0. The van der Waals surface area contributed by atoms with Crippen LogP contribution in [0.25, 0.3) is 0 Å². The third-order valence-electron chi connectivity index (χ3n) is 1.42. The van der Waals surface area contributed by atoms with Crippen LogP contribution in [-0.4, -0.2) is 36.6 Å². The molecule has 0 radical (unpaired) electrons.